The van der Waals surface area contributed by atoms with Crippen LogP contribution in [0.3, 0.4) is 0 Å². The van der Waals surface area contributed by atoms with E-state index in [-0.39, 0.29) is 17.8 Å². The topological polar surface area (TPSA) is 72.6 Å². The van der Waals surface area contributed by atoms with E-state index in [2.05, 4.69) is 11.8 Å². The van der Waals surface area contributed by atoms with Gasteiger partial charge in [-0.15, -0.1) is 0 Å². The zero-order valence-corrected chi connectivity index (χ0v) is 14.7. The van der Waals surface area contributed by atoms with Gasteiger partial charge in [-0.1, -0.05) is 51.9 Å². The molecule has 0 spiro atoms. The lowest BCUT2D eigenvalue weighted by Crippen LogP contribution is -2.41. The van der Waals surface area contributed by atoms with Crippen LogP contribution in [-0.2, 0) is 14.3 Å². The Balaban J connectivity index is 1.94. The number of likely N-dealkylation sites (tertiary alicyclic amines) is 1. The average Bonchev–Trinajstić information content (AvgIpc) is 2.54. The van der Waals surface area contributed by atoms with E-state index in [0.717, 1.165) is 38.8 Å². The molecular weight excluding hydrogens is 292 g/mol. The summed E-state index contributed by atoms with van der Waals surface area (Å²) in [5, 5.41) is 0. The number of piperidine rings is 1. The molecular formula is C18H34N2O3. The maximum Gasteiger partial charge on any atom is 0.320 e. The molecule has 1 amide bonds. The van der Waals surface area contributed by atoms with Crippen molar-refractivity contribution in [2.75, 3.05) is 26.2 Å². The number of ether oxygens (including phenoxy) is 1. The van der Waals surface area contributed by atoms with Crippen molar-refractivity contribution in [3.05, 3.63) is 0 Å². The number of nitrogens with two attached hydrogens (primary N) is 1. The normalized spacial score (nSPS) is 16.4. The van der Waals surface area contributed by atoms with Gasteiger partial charge in [-0.2, -0.15) is 0 Å². The van der Waals surface area contributed by atoms with Gasteiger partial charge in [0.05, 0.1) is 13.2 Å². The van der Waals surface area contributed by atoms with Crippen molar-refractivity contribution in [3.8, 4) is 0 Å². The van der Waals surface area contributed by atoms with Crippen LogP contribution in [0.2, 0.25) is 0 Å². The van der Waals surface area contributed by atoms with Crippen molar-refractivity contribution in [2.24, 2.45) is 11.7 Å². The first-order valence-electron chi connectivity index (χ1n) is 9.30. The number of unbranched alkanes of at least 4 members (excludes halogenated alkanes) is 7. The zero-order chi connectivity index (χ0) is 16.9. The van der Waals surface area contributed by atoms with Crippen LogP contribution in [0.5, 0.6) is 0 Å². The number of carbonyl (C=O) groups excluding carboxylic acids is 2. The molecule has 1 saturated heterocycles. The number of esters is 1. The number of rotatable bonds is 12. The first kappa shape index (κ1) is 19.9. The van der Waals surface area contributed by atoms with Crippen molar-refractivity contribution < 1.29 is 14.3 Å². The van der Waals surface area contributed by atoms with E-state index in [1.165, 1.54) is 38.5 Å². The highest BCUT2D eigenvalue weighted by Crippen LogP contribution is 2.16. The Bertz CT molecular complexity index is 339. The van der Waals surface area contributed by atoms with Crippen LogP contribution in [0.4, 0.5) is 0 Å². The summed E-state index contributed by atoms with van der Waals surface area (Å²) in [5.74, 6) is -0.396. The molecule has 0 bridgehead atoms. The highest BCUT2D eigenvalue weighted by atomic mass is 16.5. The summed E-state index contributed by atoms with van der Waals surface area (Å²) >= 11 is 0. The van der Waals surface area contributed by atoms with Crippen molar-refractivity contribution >= 4 is 11.9 Å². The van der Waals surface area contributed by atoms with Crippen LogP contribution in [-0.4, -0.2) is 43.0 Å². The highest BCUT2D eigenvalue weighted by Gasteiger charge is 2.24. The maximum absolute atomic E-state index is 11.8. The molecule has 1 aliphatic rings. The van der Waals surface area contributed by atoms with Crippen LogP contribution in [0.1, 0.15) is 71.1 Å². The second-order valence-electron chi connectivity index (χ2n) is 6.65. The molecule has 0 aromatic rings. The quantitative estimate of drug-likeness (QED) is 0.442. The van der Waals surface area contributed by atoms with Gasteiger partial charge in [-0.25, -0.2) is 0 Å². The van der Waals surface area contributed by atoms with Crippen LogP contribution < -0.4 is 5.73 Å². The maximum atomic E-state index is 11.8. The van der Waals surface area contributed by atoms with Crippen molar-refractivity contribution in [1.82, 2.24) is 4.90 Å². The number of nitrogens with zero attached hydrogens (tertiary/aromatic N) is 1. The van der Waals surface area contributed by atoms with Gasteiger partial charge in [0, 0.05) is 5.92 Å². The van der Waals surface area contributed by atoms with Crippen molar-refractivity contribution in [1.29, 1.82) is 0 Å². The third kappa shape index (κ3) is 9.59. The largest absolute Gasteiger partial charge is 0.465 e. The number of primary amides is 1. The fourth-order valence-electron chi connectivity index (χ4n) is 3.03. The molecule has 5 nitrogen and oxygen atoms in total. The zero-order valence-electron chi connectivity index (χ0n) is 14.7. The van der Waals surface area contributed by atoms with Crippen LogP contribution in [0.15, 0.2) is 0 Å². The van der Waals surface area contributed by atoms with Gasteiger partial charge in [0.1, 0.15) is 0 Å². The van der Waals surface area contributed by atoms with E-state index in [9.17, 15) is 9.59 Å². The molecule has 0 aliphatic carbocycles. The lowest BCUT2D eigenvalue weighted by atomic mass is 9.96. The van der Waals surface area contributed by atoms with E-state index in [4.69, 9.17) is 10.5 Å². The van der Waals surface area contributed by atoms with Crippen LogP contribution in [0.25, 0.3) is 0 Å². The molecule has 0 radical (unpaired) electrons. The summed E-state index contributed by atoms with van der Waals surface area (Å²) in [4.78, 5) is 24.9. The fourth-order valence-corrected chi connectivity index (χ4v) is 3.03. The van der Waals surface area contributed by atoms with Gasteiger partial charge in [0.2, 0.25) is 5.91 Å². The van der Waals surface area contributed by atoms with Crippen molar-refractivity contribution in [2.45, 2.75) is 71.1 Å². The summed E-state index contributed by atoms with van der Waals surface area (Å²) in [6.07, 6.45) is 11.4. The van der Waals surface area contributed by atoms with E-state index in [1.807, 2.05) is 0 Å². The Morgan fingerprint density at radius 3 is 2.13 bits per heavy atom. The first-order valence-corrected chi connectivity index (χ1v) is 9.30. The molecule has 0 aromatic heterocycles. The lowest BCUT2D eigenvalue weighted by Gasteiger charge is -2.29. The molecule has 0 aromatic carbocycles. The number of hydrogen-bond acceptors (Lipinski definition) is 4. The van der Waals surface area contributed by atoms with Gasteiger partial charge in [-0.3, -0.25) is 14.5 Å². The van der Waals surface area contributed by atoms with E-state index in [1.54, 1.807) is 0 Å². The molecule has 1 rings (SSSR count). The van der Waals surface area contributed by atoms with Gasteiger partial charge >= 0.3 is 5.97 Å². The highest BCUT2D eigenvalue weighted by molar-refractivity contribution is 5.76. The molecule has 1 aliphatic heterocycles. The lowest BCUT2D eigenvalue weighted by molar-refractivity contribution is -0.145. The Morgan fingerprint density at radius 2 is 1.57 bits per heavy atom. The summed E-state index contributed by atoms with van der Waals surface area (Å²) in [6, 6.07) is 0. The molecule has 1 heterocycles. The minimum absolute atomic E-state index is 0.0282. The van der Waals surface area contributed by atoms with E-state index in [0.29, 0.717) is 13.2 Å². The SMILES string of the molecule is CCCCCCCCCCOC(=O)CN1CCC(C(N)=O)CC1. The molecule has 1 fully saturated rings. The molecule has 23 heavy (non-hydrogen) atoms. The summed E-state index contributed by atoms with van der Waals surface area (Å²) in [5.41, 5.74) is 5.30. The molecule has 2 N–H and O–H groups in total. The minimum atomic E-state index is -0.220. The Morgan fingerprint density at radius 1 is 1.00 bits per heavy atom. The molecule has 0 atom stereocenters. The molecule has 0 unspecified atom stereocenters. The number of amides is 1. The van der Waals surface area contributed by atoms with E-state index >= 15 is 0 Å². The van der Waals surface area contributed by atoms with Gasteiger partial charge in [-0.05, 0) is 32.4 Å². The monoisotopic (exact) mass is 326 g/mol. The second-order valence-corrected chi connectivity index (χ2v) is 6.65. The van der Waals surface area contributed by atoms with Gasteiger partial charge < -0.3 is 10.5 Å². The first-order chi connectivity index (χ1) is 11.1. The summed E-state index contributed by atoms with van der Waals surface area (Å²) in [7, 11) is 0. The molecule has 134 valence electrons. The number of carbonyl (C=O) groups is 2. The average molecular weight is 326 g/mol. The van der Waals surface area contributed by atoms with Gasteiger partial charge in [0.15, 0.2) is 0 Å². The smallest absolute Gasteiger partial charge is 0.320 e. The Kier molecular flexibility index (Phi) is 10.7. The number of hydrogen-bond donors (Lipinski definition) is 1. The molecule has 0 saturated carbocycles. The molecule has 5 heteroatoms. The predicted molar refractivity (Wildman–Crippen MR) is 91.9 cm³/mol. The summed E-state index contributed by atoms with van der Waals surface area (Å²) in [6.45, 7) is 4.60. The minimum Gasteiger partial charge on any atom is -0.465 e. The Hall–Kier alpha value is -1.10. The Labute approximate surface area is 140 Å². The fraction of sp³-hybridized carbons (Fsp3) is 0.889. The standard InChI is InChI=1S/C18H34N2O3/c1-2-3-4-5-6-7-8-9-14-23-17(21)15-20-12-10-16(11-13-20)18(19)22/h16H,2-15H2,1H3,(H2,19,22). The predicted octanol–water partition coefficient (Wildman–Crippen LogP) is 2.87. The summed E-state index contributed by atoms with van der Waals surface area (Å²) < 4.78 is 5.29. The van der Waals surface area contributed by atoms with Gasteiger partial charge in [0.25, 0.3) is 0 Å². The second kappa shape index (κ2) is 12.3. The van der Waals surface area contributed by atoms with Crippen LogP contribution >= 0.6 is 0 Å². The van der Waals surface area contributed by atoms with E-state index < -0.39 is 0 Å². The third-order valence-electron chi connectivity index (χ3n) is 4.60. The van der Waals surface area contributed by atoms with Crippen molar-refractivity contribution in [3.63, 3.8) is 0 Å². The van der Waals surface area contributed by atoms with Crippen LogP contribution in [0, 0.1) is 5.92 Å². The third-order valence-corrected chi connectivity index (χ3v) is 4.60.